The Kier molecular flexibility index (Phi) is 5.95. The van der Waals surface area contributed by atoms with E-state index in [2.05, 4.69) is 12.6 Å². The van der Waals surface area contributed by atoms with Crippen molar-refractivity contribution in [2.24, 2.45) is 0 Å². The quantitative estimate of drug-likeness (QED) is 0.420. The first kappa shape index (κ1) is 17.0. The van der Waals surface area contributed by atoms with Crippen LogP contribution in [0.25, 0.3) is 0 Å². The van der Waals surface area contributed by atoms with Crippen molar-refractivity contribution >= 4 is 117 Å². The standard InChI is InChI=1S/C4HCl9S/c5-1(6,3(8,9)10)2(7,14)4(11,12)13/h14H. The average molecular weight is 400 g/mol. The van der Waals surface area contributed by atoms with Crippen LogP contribution in [0, 0.1) is 0 Å². The lowest BCUT2D eigenvalue weighted by Crippen LogP contribution is -2.54. The van der Waals surface area contributed by atoms with Crippen LogP contribution in [-0.4, -0.2) is 16.1 Å². The van der Waals surface area contributed by atoms with E-state index in [1.807, 2.05) is 0 Å². The summed E-state index contributed by atoms with van der Waals surface area (Å²) in [5.74, 6) is 0. The van der Waals surface area contributed by atoms with E-state index in [4.69, 9.17) is 104 Å². The third-order valence-corrected chi connectivity index (χ3v) is 6.94. The first-order valence-corrected chi connectivity index (χ1v) is 6.52. The van der Waals surface area contributed by atoms with Crippen molar-refractivity contribution in [3.8, 4) is 0 Å². The van der Waals surface area contributed by atoms with Gasteiger partial charge in [-0.2, -0.15) is 0 Å². The number of alkyl halides is 9. The molecule has 1 atom stereocenters. The second-order valence-corrected chi connectivity index (χ2v) is 9.58. The van der Waals surface area contributed by atoms with E-state index in [1.165, 1.54) is 0 Å². The predicted octanol–water partition coefficient (Wildman–Crippen LogP) is 5.77. The van der Waals surface area contributed by atoms with Crippen molar-refractivity contribution in [2.75, 3.05) is 0 Å². The maximum Gasteiger partial charge on any atom is 0.225 e. The molecule has 0 radical (unpaired) electrons. The number of halogens is 9. The maximum absolute atomic E-state index is 5.74. The van der Waals surface area contributed by atoms with E-state index in [0.717, 1.165) is 0 Å². The number of hydrogen-bond donors (Lipinski definition) is 1. The molecule has 0 saturated carbocycles. The number of rotatable bonds is 1. The second-order valence-electron chi connectivity index (χ2n) is 2.19. The van der Waals surface area contributed by atoms with Gasteiger partial charge in [-0.15, -0.1) is 12.6 Å². The fourth-order valence-corrected chi connectivity index (χ4v) is 2.44. The average Bonchev–Trinajstić information content (AvgIpc) is 1.81. The summed E-state index contributed by atoms with van der Waals surface area (Å²) in [6, 6.07) is 0. The zero-order valence-electron chi connectivity index (χ0n) is 5.85. The van der Waals surface area contributed by atoms with E-state index < -0.39 is 16.1 Å². The fourth-order valence-electron chi connectivity index (χ4n) is 0.366. The van der Waals surface area contributed by atoms with Gasteiger partial charge in [0.1, 0.15) is 0 Å². The van der Waals surface area contributed by atoms with Gasteiger partial charge in [0.25, 0.3) is 0 Å². The molecule has 0 aromatic heterocycles. The molecule has 0 aliphatic rings. The summed E-state index contributed by atoms with van der Waals surface area (Å²) in [6.07, 6.45) is 0. The SMILES string of the molecule is SC(Cl)(C(Cl)(Cl)Cl)C(Cl)(Cl)C(Cl)(Cl)Cl. The molecule has 0 aliphatic heterocycles. The van der Waals surface area contributed by atoms with Crippen LogP contribution in [0.1, 0.15) is 0 Å². The molecular formula is C4HCl9S. The Morgan fingerprint density at radius 2 is 0.857 bits per heavy atom. The van der Waals surface area contributed by atoms with Gasteiger partial charge in [-0.3, -0.25) is 0 Å². The molecule has 0 aliphatic carbocycles. The van der Waals surface area contributed by atoms with Crippen molar-refractivity contribution in [1.82, 2.24) is 0 Å². The summed E-state index contributed by atoms with van der Waals surface area (Å²) in [6.45, 7) is 0. The highest BCUT2D eigenvalue weighted by Gasteiger charge is 2.66. The molecule has 0 amide bonds. The van der Waals surface area contributed by atoms with Gasteiger partial charge in [-0.1, -0.05) is 104 Å². The Balaban J connectivity index is 5.30. The zero-order valence-corrected chi connectivity index (χ0v) is 13.5. The lowest BCUT2D eigenvalue weighted by atomic mass is 10.3. The van der Waals surface area contributed by atoms with Crippen LogP contribution in [0.3, 0.4) is 0 Å². The van der Waals surface area contributed by atoms with Gasteiger partial charge >= 0.3 is 0 Å². The molecule has 1 unspecified atom stereocenters. The van der Waals surface area contributed by atoms with Gasteiger partial charge in [0.05, 0.1) is 0 Å². The molecule has 0 spiro atoms. The van der Waals surface area contributed by atoms with Gasteiger partial charge < -0.3 is 0 Å². The summed E-state index contributed by atoms with van der Waals surface area (Å²) in [4.78, 5) is 0. The molecular weight excluding hydrogens is 399 g/mol. The Labute approximate surface area is 132 Å². The minimum atomic E-state index is -2.21. The minimum absolute atomic E-state index is 2.08. The van der Waals surface area contributed by atoms with Crippen LogP contribution in [-0.2, 0) is 0 Å². The highest BCUT2D eigenvalue weighted by molar-refractivity contribution is 7.84. The molecule has 14 heavy (non-hydrogen) atoms. The monoisotopic (exact) mass is 396 g/mol. The molecule has 0 aromatic carbocycles. The smallest absolute Gasteiger partial charge is 0.149 e. The molecule has 0 N–H and O–H groups in total. The first-order chi connectivity index (χ1) is 5.75. The Bertz CT molecular complexity index is 186. The summed E-state index contributed by atoms with van der Waals surface area (Å²) in [7, 11) is 0. The molecule has 0 aromatic rings. The maximum atomic E-state index is 5.74. The summed E-state index contributed by atoms with van der Waals surface area (Å²) < 4.78 is -8.60. The van der Waals surface area contributed by atoms with E-state index in [-0.39, 0.29) is 0 Å². The summed E-state index contributed by atoms with van der Waals surface area (Å²) in [5.41, 5.74) is 0. The highest BCUT2D eigenvalue weighted by Crippen LogP contribution is 2.63. The molecule has 0 rings (SSSR count). The van der Waals surface area contributed by atoms with Gasteiger partial charge in [0.2, 0.25) is 7.59 Å². The zero-order chi connectivity index (χ0) is 12.0. The van der Waals surface area contributed by atoms with Crippen LogP contribution in [0.2, 0.25) is 0 Å². The van der Waals surface area contributed by atoms with Crippen LogP contribution >= 0.6 is 117 Å². The summed E-state index contributed by atoms with van der Waals surface area (Å²) in [5, 5.41) is 0. The Morgan fingerprint density at radius 1 is 0.571 bits per heavy atom. The highest BCUT2D eigenvalue weighted by atomic mass is 35.6. The number of thiol groups is 1. The third-order valence-electron chi connectivity index (χ3n) is 1.15. The topological polar surface area (TPSA) is 0 Å². The number of hydrogen-bond acceptors (Lipinski definition) is 1. The van der Waals surface area contributed by atoms with E-state index in [1.54, 1.807) is 0 Å². The Hall–Kier alpha value is 2.96. The van der Waals surface area contributed by atoms with Gasteiger partial charge in [-0.25, -0.2) is 0 Å². The molecule has 10 heteroatoms. The Morgan fingerprint density at radius 3 is 0.929 bits per heavy atom. The predicted molar refractivity (Wildman–Crippen MR) is 72.6 cm³/mol. The van der Waals surface area contributed by atoms with Crippen LogP contribution in [0.4, 0.5) is 0 Å². The molecule has 0 nitrogen and oxygen atoms in total. The molecule has 0 saturated heterocycles. The van der Waals surface area contributed by atoms with Crippen molar-refractivity contribution < 1.29 is 0 Å². The van der Waals surface area contributed by atoms with Gasteiger partial charge in [0, 0.05) is 0 Å². The fraction of sp³-hybridized carbons (Fsp3) is 1.00. The molecule has 0 fully saturated rings. The first-order valence-electron chi connectivity index (χ1n) is 2.67. The normalized spacial score (nSPS) is 19.3. The van der Waals surface area contributed by atoms with Crippen LogP contribution in [0.15, 0.2) is 0 Å². The molecule has 0 heterocycles. The van der Waals surface area contributed by atoms with E-state index in [9.17, 15) is 0 Å². The lowest BCUT2D eigenvalue weighted by molar-refractivity contribution is 0.687. The lowest BCUT2D eigenvalue weighted by Gasteiger charge is -2.42. The summed E-state index contributed by atoms with van der Waals surface area (Å²) >= 11 is 53.8. The third kappa shape index (κ3) is 3.25. The van der Waals surface area contributed by atoms with Crippen molar-refractivity contribution in [3.05, 3.63) is 0 Å². The van der Waals surface area contributed by atoms with E-state index >= 15 is 0 Å². The van der Waals surface area contributed by atoms with Crippen molar-refractivity contribution in [3.63, 3.8) is 0 Å². The van der Waals surface area contributed by atoms with Crippen molar-refractivity contribution in [2.45, 2.75) is 16.1 Å². The van der Waals surface area contributed by atoms with Crippen LogP contribution in [0.5, 0.6) is 0 Å². The second kappa shape index (κ2) is 4.91. The molecule has 0 bridgehead atoms. The van der Waals surface area contributed by atoms with Crippen LogP contribution < -0.4 is 0 Å². The van der Waals surface area contributed by atoms with Gasteiger partial charge in [-0.05, 0) is 0 Å². The van der Waals surface area contributed by atoms with E-state index in [0.29, 0.717) is 0 Å². The largest absolute Gasteiger partial charge is 0.225 e. The van der Waals surface area contributed by atoms with Crippen molar-refractivity contribution in [1.29, 1.82) is 0 Å². The molecule has 86 valence electrons. The van der Waals surface area contributed by atoms with Gasteiger partial charge in [0.15, 0.2) is 8.54 Å². The minimum Gasteiger partial charge on any atom is -0.149 e.